The van der Waals surface area contributed by atoms with E-state index in [4.69, 9.17) is 4.74 Å². The van der Waals surface area contributed by atoms with Gasteiger partial charge in [0.15, 0.2) is 0 Å². The van der Waals surface area contributed by atoms with Gasteiger partial charge in [0.1, 0.15) is 11.6 Å². The average molecular weight is 342 g/mol. The van der Waals surface area contributed by atoms with Gasteiger partial charge >= 0.3 is 0 Å². The lowest BCUT2D eigenvalue weighted by molar-refractivity contribution is 0.199. The summed E-state index contributed by atoms with van der Waals surface area (Å²) in [5.74, 6) is 1.80. The van der Waals surface area contributed by atoms with E-state index in [1.807, 2.05) is 13.0 Å². The highest BCUT2D eigenvalue weighted by molar-refractivity contribution is 7.89. The van der Waals surface area contributed by atoms with Crippen molar-refractivity contribution in [2.45, 2.75) is 26.7 Å². The Morgan fingerprint density at radius 2 is 1.91 bits per heavy atom. The third kappa shape index (κ3) is 4.86. The molecule has 0 N–H and O–H groups in total. The largest absolute Gasteiger partial charge is 0.385 e. The summed E-state index contributed by atoms with van der Waals surface area (Å²) in [7, 11) is -1.61. The molecule has 1 aliphatic rings. The molecule has 1 aliphatic heterocycles. The van der Waals surface area contributed by atoms with Crippen LogP contribution in [0.25, 0.3) is 0 Å². The van der Waals surface area contributed by atoms with Gasteiger partial charge in [-0.2, -0.15) is 4.31 Å². The summed E-state index contributed by atoms with van der Waals surface area (Å²) in [5, 5.41) is 0. The van der Waals surface area contributed by atoms with Crippen LogP contribution in [0.2, 0.25) is 0 Å². The maximum absolute atomic E-state index is 12.3. The summed E-state index contributed by atoms with van der Waals surface area (Å²) >= 11 is 0. The Balaban J connectivity index is 1.97. The Morgan fingerprint density at radius 1 is 1.22 bits per heavy atom. The van der Waals surface area contributed by atoms with Crippen LogP contribution in [0.1, 0.15) is 24.9 Å². The summed E-state index contributed by atoms with van der Waals surface area (Å²) in [5.41, 5.74) is 1.02. The third-order valence-corrected chi connectivity index (χ3v) is 5.90. The van der Waals surface area contributed by atoms with E-state index in [1.54, 1.807) is 11.4 Å². The van der Waals surface area contributed by atoms with Gasteiger partial charge < -0.3 is 9.64 Å². The van der Waals surface area contributed by atoms with E-state index in [0.717, 1.165) is 23.8 Å². The monoisotopic (exact) mass is 342 g/mol. The molecule has 0 spiro atoms. The van der Waals surface area contributed by atoms with Crippen molar-refractivity contribution in [2.24, 2.45) is 0 Å². The summed E-state index contributed by atoms with van der Waals surface area (Å²) in [6.45, 7) is 6.74. The number of aryl methyl sites for hydroxylation is 2. The molecule has 1 aromatic heterocycles. The first-order chi connectivity index (χ1) is 11.0. The fraction of sp³-hybridized carbons (Fsp3) is 0.733. The zero-order valence-corrected chi connectivity index (χ0v) is 15.0. The zero-order chi connectivity index (χ0) is 16.9. The minimum Gasteiger partial charge on any atom is -0.385 e. The van der Waals surface area contributed by atoms with Gasteiger partial charge in [0.05, 0.1) is 5.75 Å². The lowest BCUT2D eigenvalue weighted by Gasteiger charge is -2.34. The lowest BCUT2D eigenvalue weighted by Crippen LogP contribution is -2.49. The molecule has 23 heavy (non-hydrogen) atoms. The first kappa shape index (κ1) is 18.1. The van der Waals surface area contributed by atoms with Gasteiger partial charge in [-0.05, 0) is 19.8 Å². The number of hydrogen-bond acceptors (Lipinski definition) is 6. The Hall–Kier alpha value is -1.25. The minimum absolute atomic E-state index is 0.146. The lowest BCUT2D eigenvalue weighted by atomic mass is 10.3. The molecule has 0 saturated carbocycles. The maximum Gasteiger partial charge on any atom is 0.214 e. The molecule has 0 bridgehead atoms. The smallest absolute Gasteiger partial charge is 0.214 e. The highest BCUT2D eigenvalue weighted by Crippen LogP contribution is 2.17. The number of anilines is 1. The summed E-state index contributed by atoms with van der Waals surface area (Å²) in [6, 6.07) is 2.00. The standard InChI is InChI=1S/C15H26N4O3S/c1-4-14-12-15(17-13(2)16-14)18-6-8-19(9-7-18)23(20,21)11-5-10-22-3/h12H,4-11H2,1-3H3. The first-order valence-electron chi connectivity index (χ1n) is 8.02. The second kappa shape index (κ2) is 8.03. The Labute approximate surface area is 138 Å². The first-order valence-corrected chi connectivity index (χ1v) is 9.63. The number of methoxy groups -OCH3 is 1. The second-order valence-corrected chi connectivity index (χ2v) is 7.76. The molecule has 2 heterocycles. The van der Waals surface area contributed by atoms with E-state index in [-0.39, 0.29) is 5.75 Å². The number of nitrogens with zero attached hydrogens (tertiary/aromatic N) is 4. The predicted molar refractivity (Wildman–Crippen MR) is 90.2 cm³/mol. The van der Waals surface area contributed by atoms with E-state index in [0.29, 0.717) is 39.2 Å². The van der Waals surface area contributed by atoms with Crippen LogP contribution >= 0.6 is 0 Å². The Bertz CT molecular complexity index is 613. The third-order valence-electron chi connectivity index (χ3n) is 3.95. The molecular weight excluding hydrogens is 316 g/mol. The van der Waals surface area contributed by atoms with Crippen LogP contribution in [0.4, 0.5) is 5.82 Å². The van der Waals surface area contributed by atoms with E-state index < -0.39 is 10.0 Å². The highest BCUT2D eigenvalue weighted by Gasteiger charge is 2.27. The van der Waals surface area contributed by atoms with E-state index in [2.05, 4.69) is 21.8 Å². The van der Waals surface area contributed by atoms with Gasteiger partial charge in [0, 0.05) is 51.7 Å². The molecular formula is C15H26N4O3S. The number of piperazine rings is 1. The van der Waals surface area contributed by atoms with Crippen LogP contribution in [-0.4, -0.2) is 68.3 Å². The molecule has 0 radical (unpaired) electrons. The van der Waals surface area contributed by atoms with Crippen LogP contribution in [0.15, 0.2) is 6.07 Å². The summed E-state index contributed by atoms with van der Waals surface area (Å²) in [4.78, 5) is 11.0. The van der Waals surface area contributed by atoms with Crippen molar-refractivity contribution in [1.29, 1.82) is 0 Å². The molecule has 1 aromatic rings. The molecule has 0 aliphatic carbocycles. The van der Waals surface area contributed by atoms with Crippen LogP contribution in [-0.2, 0) is 21.2 Å². The van der Waals surface area contributed by atoms with Crippen molar-refractivity contribution >= 4 is 15.8 Å². The van der Waals surface area contributed by atoms with Crippen LogP contribution in [0.3, 0.4) is 0 Å². The van der Waals surface area contributed by atoms with Crippen molar-refractivity contribution in [3.8, 4) is 0 Å². The van der Waals surface area contributed by atoms with Gasteiger partial charge in [-0.25, -0.2) is 18.4 Å². The van der Waals surface area contributed by atoms with Crippen molar-refractivity contribution in [3.05, 3.63) is 17.6 Å². The maximum atomic E-state index is 12.3. The van der Waals surface area contributed by atoms with Crippen LogP contribution in [0.5, 0.6) is 0 Å². The van der Waals surface area contributed by atoms with E-state index in [9.17, 15) is 8.42 Å². The Kier molecular flexibility index (Phi) is 6.32. The summed E-state index contributed by atoms with van der Waals surface area (Å²) < 4.78 is 31.1. The zero-order valence-electron chi connectivity index (χ0n) is 14.2. The number of hydrogen-bond donors (Lipinski definition) is 0. The molecule has 0 unspecified atom stereocenters. The van der Waals surface area contributed by atoms with E-state index in [1.165, 1.54) is 0 Å². The Morgan fingerprint density at radius 3 is 2.52 bits per heavy atom. The second-order valence-electron chi connectivity index (χ2n) is 5.67. The molecule has 0 aromatic carbocycles. The molecule has 1 fully saturated rings. The molecule has 0 amide bonds. The minimum atomic E-state index is -3.19. The molecule has 7 nitrogen and oxygen atoms in total. The average Bonchev–Trinajstić information content (AvgIpc) is 2.54. The number of sulfonamides is 1. The summed E-state index contributed by atoms with van der Waals surface area (Å²) in [6.07, 6.45) is 1.40. The van der Waals surface area contributed by atoms with Gasteiger partial charge in [-0.1, -0.05) is 6.92 Å². The molecule has 2 rings (SSSR count). The van der Waals surface area contributed by atoms with Gasteiger partial charge in [0.25, 0.3) is 0 Å². The predicted octanol–water partition coefficient (Wildman–Crippen LogP) is 0.836. The SMILES string of the molecule is CCc1cc(N2CCN(S(=O)(=O)CCCOC)CC2)nc(C)n1. The molecule has 130 valence electrons. The number of rotatable bonds is 7. The quantitative estimate of drug-likeness (QED) is 0.684. The van der Waals surface area contributed by atoms with Crippen LogP contribution in [0, 0.1) is 6.92 Å². The molecule has 1 saturated heterocycles. The van der Waals surface area contributed by atoms with Gasteiger partial charge in [0.2, 0.25) is 10.0 Å². The highest BCUT2D eigenvalue weighted by atomic mass is 32.2. The fourth-order valence-electron chi connectivity index (χ4n) is 2.67. The molecule has 8 heteroatoms. The van der Waals surface area contributed by atoms with Gasteiger partial charge in [-0.15, -0.1) is 0 Å². The number of aromatic nitrogens is 2. The van der Waals surface area contributed by atoms with Crippen molar-refractivity contribution in [3.63, 3.8) is 0 Å². The van der Waals surface area contributed by atoms with Gasteiger partial charge in [-0.3, -0.25) is 0 Å². The fourth-order valence-corrected chi connectivity index (χ4v) is 4.13. The van der Waals surface area contributed by atoms with Crippen molar-refractivity contribution in [1.82, 2.24) is 14.3 Å². The van der Waals surface area contributed by atoms with Crippen molar-refractivity contribution < 1.29 is 13.2 Å². The van der Waals surface area contributed by atoms with E-state index >= 15 is 0 Å². The topological polar surface area (TPSA) is 75.6 Å². The number of ether oxygens (including phenoxy) is 1. The van der Waals surface area contributed by atoms with Crippen molar-refractivity contribution in [2.75, 3.05) is 50.5 Å². The molecule has 0 atom stereocenters. The normalized spacial score (nSPS) is 16.7. The van der Waals surface area contributed by atoms with Crippen LogP contribution < -0.4 is 4.90 Å².